The average molecular weight is 264 g/mol. The Labute approximate surface area is 117 Å². The molecule has 2 unspecified atom stereocenters. The van der Waals surface area contributed by atoms with Crippen molar-refractivity contribution in [2.24, 2.45) is 12.8 Å². The zero-order valence-corrected chi connectivity index (χ0v) is 12.6. The molecule has 1 fully saturated rings. The summed E-state index contributed by atoms with van der Waals surface area (Å²) >= 11 is 0. The number of nitrogens with two attached hydrogens (primary N) is 1. The molecule has 1 saturated heterocycles. The number of aryl methyl sites for hydroxylation is 2. The highest BCUT2D eigenvalue weighted by atomic mass is 15.3. The van der Waals surface area contributed by atoms with Crippen LogP contribution in [0.15, 0.2) is 12.3 Å². The first-order valence-corrected chi connectivity index (χ1v) is 7.55. The lowest BCUT2D eigenvalue weighted by Crippen LogP contribution is -2.57. The van der Waals surface area contributed by atoms with E-state index in [0.29, 0.717) is 0 Å². The second kappa shape index (κ2) is 6.06. The SMILES string of the molecule is CCC(C)(C(N)CCc1ccnn1C)N1CCCC1. The molecular formula is C15H28N4. The summed E-state index contributed by atoms with van der Waals surface area (Å²) in [5.41, 5.74) is 7.96. The van der Waals surface area contributed by atoms with Crippen molar-refractivity contribution < 1.29 is 0 Å². The Balaban J connectivity index is 1.96. The number of hydrogen-bond donors (Lipinski definition) is 1. The predicted octanol–water partition coefficient (Wildman–Crippen LogP) is 1.94. The Morgan fingerprint density at radius 1 is 1.42 bits per heavy atom. The van der Waals surface area contributed by atoms with Crippen LogP contribution < -0.4 is 5.73 Å². The van der Waals surface area contributed by atoms with Crippen molar-refractivity contribution in [3.63, 3.8) is 0 Å². The van der Waals surface area contributed by atoms with Gasteiger partial charge in [-0.1, -0.05) is 6.92 Å². The molecule has 2 N–H and O–H groups in total. The second-order valence-electron chi connectivity index (χ2n) is 6.00. The lowest BCUT2D eigenvalue weighted by Gasteiger charge is -2.43. The summed E-state index contributed by atoms with van der Waals surface area (Å²) in [6.45, 7) is 7.03. The van der Waals surface area contributed by atoms with Crippen molar-refractivity contribution >= 4 is 0 Å². The molecule has 2 rings (SSSR count). The van der Waals surface area contributed by atoms with E-state index in [9.17, 15) is 0 Å². The molecule has 0 amide bonds. The molecule has 4 nitrogen and oxygen atoms in total. The molecule has 1 aromatic heterocycles. The van der Waals surface area contributed by atoms with E-state index in [1.54, 1.807) is 0 Å². The summed E-state index contributed by atoms with van der Waals surface area (Å²) in [7, 11) is 2.00. The van der Waals surface area contributed by atoms with Crippen molar-refractivity contribution in [3.05, 3.63) is 18.0 Å². The fraction of sp³-hybridized carbons (Fsp3) is 0.800. The third-order valence-corrected chi connectivity index (χ3v) is 4.98. The highest BCUT2D eigenvalue weighted by Crippen LogP contribution is 2.28. The fourth-order valence-electron chi connectivity index (χ4n) is 3.21. The van der Waals surface area contributed by atoms with Crippen LogP contribution in [0.25, 0.3) is 0 Å². The van der Waals surface area contributed by atoms with Crippen molar-refractivity contribution in [3.8, 4) is 0 Å². The van der Waals surface area contributed by atoms with Crippen LogP contribution in [0.5, 0.6) is 0 Å². The van der Waals surface area contributed by atoms with Gasteiger partial charge in [0.1, 0.15) is 0 Å². The minimum atomic E-state index is 0.148. The largest absolute Gasteiger partial charge is 0.326 e. The van der Waals surface area contributed by atoms with Crippen LogP contribution >= 0.6 is 0 Å². The quantitative estimate of drug-likeness (QED) is 0.854. The van der Waals surface area contributed by atoms with Crippen molar-refractivity contribution in [1.82, 2.24) is 14.7 Å². The Kier molecular flexibility index (Phi) is 4.63. The van der Waals surface area contributed by atoms with Gasteiger partial charge >= 0.3 is 0 Å². The minimum Gasteiger partial charge on any atom is -0.326 e. The first-order valence-electron chi connectivity index (χ1n) is 7.55. The van der Waals surface area contributed by atoms with Gasteiger partial charge in [0.05, 0.1) is 0 Å². The van der Waals surface area contributed by atoms with Gasteiger partial charge in [-0.3, -0.25) is 9.58 Å². The zero-order valence-electron chi connectivity index (χ0n) is 12.6. The van der Waals surface area contributed by atoms with E-state index in [-0.39, 0.29) is 11.6 Å². The van der Waals surface area contributed by atoms with Crippen molar-refractivity contribution in [1.29, 1.82) is 0 Å². The summed E-state index contributed by atoms with van der Waals surface area (Å²) in [6, 6.07) is 2.32. The molecule has 0 aliphatic carbocycles. The van der Waals surface area contributed by atoms with Crippen LogP contribution in [0.2, 0.25) is 0 Å². The van der Waals surface area contributed by atoms with Gasteiger partial charge < -0.3 is 5.73 Å². The normalized spacial score (nSPS) is 21.5. The average Bonchev–Trinajstić information content (AvgIpc) is 3.06. The Morgan fingerprint density at radius 2 is 2.11 bits per heavy atom. The number of hydrogen-bond acceptors (Lipinski definition) is 3. The Morgan fingerprint density at radius 3 is 2.63 bits per heavy atom. The van der Waals surface area contributed by atoms with Gasteiger partial charge in [0, 0.05) is 30.5 Å². The summed E-state index contributed by atoms with van der Waals surface area (Å²) in [6.07, 6.45) is 7.68. The van der Waals surface area contributed by atoms with Crippen LogP contribution in [0.4, 0.5) is 0 Å². The predicted molar refractivity (Wildman–Crippen MR) is 79.0 cm³/mol. The number of aromatic nitrogens is 2. The van der Waals surface area contributed by atoms with E-state index in [4.69, 9.17) is 5.73 Å². The summed E-state index contributed by atoms with van der Waals surface area (Å²) < 4.78 is 1.95. The van der Waals surface area contributed by atoms with Crippen LogP contribution in [-0.2, 0) is 13.5 Å². The summed E-state index contributed by atoms with van der Waals surface area (Å²) in [5.74, 6) is 0. The molecule has 1 aliphatic rings. The van der Waals surface area contributed by atoms with E-state index in [2.05, 4.69) is 29.9 Å². The molecule has 1 aromatic rings. The van der Waals surface area contributed by atoms with Crippen molar-refractivity contribution in [2.75, 3.05) is 13.1 Å². The molecule has 2 heterocycles. The Bertz CT molecular complexity index is 395. The lowest BCUT2D eigenvalue weighted by atomic mass is 9.85. The van der Waals surface area contributed by atoms with Gasteiger partial charge in [0.2, 0.25) is 0 Å². The molecule has 108 valence electrons. The van der Waals surface area contributed by atoms with Crippen LogP contribution in [-0.4, -0.2) is 39.4 Å². The number of rotatable bonds is 6. The monoisotopic (exact) mass is 264 g/mol. The van der Waals surface area contributed by atoms with E-state index in [0.717, 1.165) is 19.3 Å². The maximum absolute atomic E-state index is 6.54. The molecule has 2 atom stereocenters. The van der Waals surface area contributed by atoms with E-state index < -0.39 is 0 Å². The van der Waals surface area contributed by atoms with E-state index in [1.807, 2.05) is 17.9 Å². The smallest absolute Gasteiger partial charge is 0.0492 e. The molecule has 0 radical (unpaired) electrons. The first-order chi connectivity index (χ1) is 9.08. The number of nitrogens with zero attached hydrogens (tertiary/aromatic N) is 3. The standard InChI is InChI=1S/C15H28N4/c1-4-15(2,19-11-5-6-12-19)14(16)8-7-13-9-10-17-18(13)3/h9-10,14H,4-8,11-12,16H2,1-3H3. The highest BCUT2D eigenvalue weighted by molar-refractivity contribution is 5.03. The molecule has 0 saturated carbocycles. The van der Waals surface area contributed by atoms with Gasteiger partial charge in [-0.25, -0.2) is 0 Å². The first kappa shape index (κ1) is 14.5. The molecule has 0 bridgehead atoms. The van der Waals surface area contributed by atoms with E-state index >= 15 is 0 Å². The summed E-state index contributed by atoms with van der Waals surface area (Å²) in [4.78, 5) is 2.60. The molecule has 0 spiro atoms. The molecule has 0 aromatic carbocycles. The van der Waals surface area contributed by atoms with Gasteiger partial charge in [0.25, 0.3) is 0 Å². The summed E-state index contributed by atoms with van der Waals surface area (Å²) in [5, 5.41) is 4.22. The van der Waals surface area contributed by atoms with Crippen molar-refractivity contribution in [2.45, 2.75) is 57.5 Å². The highest BCUT2D eigenvalue weighted by Gasteiger charge is 2.37. The molecule has 19 heavy (non-hydrogen) atoms. The van der Waals surface area contributed by atoms with Crippen LogP contribution in [0.1, 0.15) is 45.2 Å². The van der Waals surface area contributed by atoms with Gasteiger partial charge in [-0.15, -0.1) is 0 Å². The van der Waals surface area contributed by atoms with Crippen LogP contribution in [0, 0.1) is 0 Å². The number of likely N-dealkylation sites (tertiary alicyclic amines) is 1. The second-order valence-corrected chi connectivity index (χ2v) is 6.00. The maximum atomic E-state index is 6.54. The zero-order chi connectivity index (χ0) is 13.9. The van der Waals surface area contributed by atoms with Gasteiger partial charge in [0.15, 0.2) is 0 Å². The lowest BCUT2D eigenvalue weighted by molar-refractivity contribution is 0.0964. The third kappa shape index (κ3) is 3.00. The van der Waals surface area contributed by atoms with E-state index in [1.165, 1.54) is 31.6 Å². The maximum Gasteiger partial charge on any atom is 0.0492 e. The third-order valence-electron chi connectivity index (χ3n) is 4.98. The Hall–Kier alpha value is -0.870. The molecule has 1 aliphatic heterocycles. The van der Waals surface area contributed by atoms with Gasteiger partial charge in [-0.2, -0.15) is 5.10 Å². The topological polar surface area (TPSA) is 47.1 Å². The molecule has 4 heteroatoms. The fourth-order valence-corrected chi connectivity index (χ4v) is 3.21. The molecular weight excluding hydrogens is 236 g/mol. The van der Waals surface area contributed by atoms with Gasteiger partial charge in [-0.05, 0) is 58.2 Å². The minimum absolute atomic E-state index is 0.148. The van der Waals surface area contributed by atoms with Crippen LogP contribution in [0.3, 0.4) is 0 Å².